The molecule has 1 saturated carbocycles. The van der Waals surface area contributed by atoms with Crippen LogP contribution in [0, 0.1) is 5.41 Å². The Morgan fingerprint density at radius 1 is 1.55 bits per heavy atom. The third-order valence-electron chi connectivity index (χ3n) is 2.42. The number of rotatable bonds is 1. The molecule has 64 valence electrons. The molecule has 1 heteroatoms. The molecule has 0 amide bonds. The molecule has 1 rings (SSSR count). The molecule has 0 heterocycles. The maximum atomic E-state index is 5.65. The van der Waals surface area contributed by atoms with E-state index in [-0.39, 0.29) is 0 Å². The molecule has 0 unspecified atom stereocenters. The molecule has 0 radical (unpaired) electrons. The molecule has 0 aromatic carbocycles. The number of allylic oxidation sites excluding steroid dienone is 2. The molecule has 0 aromatic heterocycles. The van der Waals surface area contributed by atoms with E-state index in [4.69, 9.17) is 11.6 Å². The van der Waals surface area contributed by atoms with Gasteiger partial charge in [0.2, 0.25) is 0 Å². The first-order valence-corrected chi connectivity index (χ1v) is 4.91. The zero-order valence-electron chi connectivity index (χ0n) is 7.49. The lowest BCUT2D eigenvalue weighted by atomic mass is 9.75. The van der Waals surface area contributed by atoms with Crippen molar-refractivity contribution >= 4 is 11.6 Å². The van der Waals surface area contributed by atoms with Gasteiger partial charge in [-0.2, -0.15) is 0 Å². The van der Waals surface area contributed by atoms with Crippen molar-refractivity contribution in [2.45, 2.75) is 39.5 Å². The maximum absolute atomic E-state index is 5.65. The number of alkyl halides is 1. The quantitative estimate of drug-likeness (QED) is 0.418. The van der Waals surface area contributed by atoms with Gasteiger partial charge in [0.25, 0.3) is 0 Å². The van der Waals surface area contributed by atoms with E-state index in [1.165, 1.54) is 25.7 Å². The van der Waals surface area contributed by atoms with E-state index in [0.717, 1.165) is 0 Å². The highest BCUT2D eigenvalue weighted by molar-refractivity contribution is 6.18. The van der Waals surface area contributed by atoms with Gasteiger partial charge in [-0.1, -0.05) is 25.5 Å². The van der Waals surface area contributed by atoms with Crippen LogP contribution in [0.15, 0.2) is 11.6 Å². The molecule has 0 spiro atoms. The Balaban J connectivity index is 2.53. The van der Waals surface area contributed by atoms with Gasteiger partial charge in [0.1, 0.15) is 0 Å². The second-order valence-corrected chi connectivity index (χ2v) is 4.52. The van der Waals surface area contributed by atoms with Crippen LogP contribution in [0.25, 0.3) is 0 Å². The fourth-order valence-electron chi connectivity index (χ4n) is 1.87. The molecule has 0 atom stereocenters. The Kier molecular flexibility index (Phi) is 3.00. The highest BCUT2D eigenvalue weighted by Gasteiger charge is 2.23. The SMILES string of the molecule is CC1(C)CCC/C(=C\CCl)C1. The van der Waals surface area contributed by atoms with E-state index < -0.39 is 0 Å². The predicted molar refractivity (Wildman–Crippen MR) is 51.1 cm³/mol. The standard InChI is InChI=1S/C10H17Cl/c1-10(2)6-3-4-9(8-10)5-7-11/h5H,3-4,6-8H2,1-2H3/b9-5+. The van der Waals surface area contributed by atoms with Crippen molar-refractivity contribution in [3.8, 4) is 0 Å². The van der Waals surface area contributed by atoms with E-state index in [1.54, 1.807) is 5.57 Å². The van der Waals surface area contributed by atoms with Gasteiger partial charge in [0, 0.05) is 5.88 Å². The van der Waals surface area contributed by atoms with Gasteiger partial charge in [-0.05, 0) is 31.1 Å². The Hall–Kier alpha value is 0.0300. The molecule has 1 fully saturated rings. The van der Waals surface area contributed by atoms with Crippen LogP contribution in [0.4, 0.5) is 0 Å². The van der Waals surface area contributed by atoms with E-state index in [1.807, 2.05) is 0 Å². The molecule has 0 aromatic rings. The Morgan fingerprint density at radius 3 is 2.82 bits per heavy atom. The minimum Gasteiger partial charge on any atom is -0.122 e. The van der Waals surface area contributed by atoms with E-state index in [9.17, 15) is 0 Å². The van der Waals surface area contributed by atoms with Crippen molar-refractivity contribution in [3.63, 3.8) is 0 Å². The van der Waals surface area contributed by atoms with Gasteiger partial charge in [-0.25, -0.2) is 0 Å². The zero-order chi connectivity index (χ0) is 8.32. The summed E-state index contributed by atoms with van der Waals surface area (Å²) in [6.45, 7) is 4.68. The molecule has 0 N–H and O–H groups in total. The Morgan fingerprint density at radius 2 is 2.27 bits per heavy atom. The van der Waals surface area contributed by atoms with Crippen molar-refractivity contribution in [1.29, 1.82) is 0 Å². The molecule has 11 heavy (non-hydrogen) atoms. The average Bonchev–Trinajstić information content (AvgIpc) is 1.85. The minimum atomic E-state index is 0.524. The summed E-state index contributed by atoms with van der Waals surface area (Å²) >= 11 is 5.65. The van der Waals surface area contributed by atoms with Gasteiger partial charge >= 0.3 is 0 Å². The van der Waals surface area contributed by atoms with Crippen LogP contribution in [0.3, 0.4) is 0 Å². The van der Waals surface area contributed by atoms with Crippen LogP contribution in [0.5, 0.6) is 0 Å². The number of hydrogen-bond acceptors (Lipinski definition) is 0. The van der Waals surface area contributed by atoms with Gasteiger partial charge in [-0.15, -0.1) is 11.6 Å². The summed E-state index contributed by atoms with van der Waals surface area (Å²) in [5.41, 5.74) is 2.09. The summed E-state index contributed by atoms with van der Waals surface area (Å²) in [7, 11) is 0. The number of halogens is 1. The summed E-state index contributed by atoms with van der Waals surface area (Å²) in [6.07, 6.45) is 7.42. The van der Waals surface area contributed by atoms with Gasteiger partial charge in [0.05, 0.1) is 0 Å². The summed E-state index contributed by atoms with van der Waals surface area (Å²) in [4.78, 5) is 0. The smallest absolute Gasteiger partial charge is 0.0406 e. The van der Waals surface area contributed by atoms with Crippen molar-refractivity contribution in [1.82, 2.24) is 0 Å². The predicted octanol–water partition coefficient (Wildman–Crippen LogP) is 3.75. The first-order chi connectivity index (χ1) is 5.14. The lowest BCUT2D eigenvalue weighted by Gasteiger charge is -2.31. The molecule has 1 aliphatic carbocycles. The van der Waals surface area contributed by atoms with Gasteiger partial charge in [-0.3, -0.25) is 0 Å². The topological polar surface area (TPSA) is 0 Å². The molecule has 0 nitrogen and oxygen atoms in total. The molecule has 0 saturated heterocycles. The van der Waals surface area contributed by atoms with Crippen molar-refractivity contribution in [2.24, 2.45) is 5.41 Å². The molecule has 0 bridgehead atoms. The van der Waals surface area contributed by atoms with Crippen LogP contribution < -0.4 is 0 Å². The fourth-order valence-corrected chi connectivity index (χ4v) is 2.09. The summed E-state index contributed by atoms with van der Waals surface area (Å²) < 4.78 is 0. The lowest BCUT2D eigenvalue weighted by molar-refractivity contribution is 0.289. The maximum Gasteiger partial charge on any atom is 0.0406 e. The zero-order valence-corrected chi connectivity index (χ0v) is 8.25. The summed E-state index contributed by atoms with van der Waals surface area (Å²) in [5.74, 6) is 0.686. The van der Waals surface area contributed by atoms with Crippen LogP contribution in [-0.2, 0) is 0 Å². The van der Waals surface area contributed by atoms with Crippen LogP contribution in [-0.4, -0.2) is 5.88 Å². The van der Waals surface area contributed by atoms with Crippen molar-refractivity contribution in [3.05, 3.63) is 11.6 Å². The minimum absolute atomic E-state index is 0.524. The highest BCUT2D eigenvalue weighted by Crippen LogP contribution is 2.37. The third kappa shape index (κ3) is 2.86. The third-order valence-corrected chi connectivity index (χ3v) is 2.58. The Bertz CT molecular complexity index is 156. The Labute approximate surface area is 74.6 Å². The first kappa shape index (κ1) is 9.12. The second-order valence-electron chi connectivity index (χ2n) is 4.21. The molecule has 0 aliphatic heterocycles. The van der Waals surface area contributed by atoms with E-state index >= 15 is 0 Å². The largest absolute Gasteiger partial charge is 0.122 e. The molecular weight excluding hydrogens is 156 g/mol. The van der Waals surface area contributed by atoms with Crippen molar-refractivity contribution < 1.29 is 0 Å². The van der Waals surface area contributed by atoms with E-state index in [0.29, 0.717) is 11.3 Å². The highest BCUT2D eigenvalue weighted by atomic mass is 35.5. The van der Waals surface area contributed by atoms with Crippen LogP contribution >= 0.6 is 11.6 Å². The molecular formula is C10H17Cl. The van der Waals surface area contributed by atoms with Crippen LogP contribution in [0.2, 0.25) is 0 Å². The number of hydrogen-bond donors (Lipinski definition) is 0. The van der Waals surface area contributed by atoms with Crippen LogP contribution in [0.1, 0.15) is 39.5 Å². The average molecular weight is 173 g/mol. The normalized spacial score (nSPS) is 27.4. The monoisotopic (exact) mass is 172 g/mol. The fraction of sp³-hybridized carbons (Fsp3) is 0.800. The first-order valence-electron chi connectivity index (χ1n) is 4.38. The second kappa shape index (κ2) is 3.62. The summed E-state index contributed by atoms with van der Waals surface area (Å²) in [5, 5.41) is 0. The lowest BCUT2D eigenvalue weighted by Crippen LogP contribution is -2.17. The molecule has 1 aliphatic rings. The van der Waals surface area contributed by atoms with E-state index in [2.05, 4.69) is 19.9 Å². The van der Waals surface area contributed by atoms with Gasteiger partial charge < -0.3 is 0 Å². The summed E-state index contributed by atoms with van der Waals surface area (Å²) in [6, 6.07) is 0. The van der Waals surface area contributed by atoms with Crippen molar-refractivity contribution in [2.75, 3.05) is 5.88 Å². The van der Waals surface area contributed by atoms with Gasteiger partial charge in [0.15, 0.2) is 0 Å².